The molecule has 0 aliphatic rings. The highest BCUT2D eigenvalue weighted by Crippen LogP contribution is 2.23. The van der Waals surface area contributed by atoms with Crippen molar-refractivity contribution in [3.8, 4) is 0 Å². The number of benzene rings is 2. The van der Waals surface area contributed by atoms with E-state index in [1.165, 1.54) is 16.3 Å². The van der Waals surface area contributed by atoms with E-state index in [4.69, 9.17) is 0 Å². The van der Waals surface area contributed by atoms with Crippen molar-refractivity contribution in [2.75, 3.05) is 0 Å². The van der Waals surface area contributed by atoms with Crippen molar-refractivity contribution in [2.45, 2.75) is 26.2 Å². The first-order valence-corrected chi connectivity index (χ1v) is 5.65. The second-order valence-corrected chi connectivity index (χ2v) is 4.41. The molecule has 1 nitrogen and oxygen atoms in total. The molecule has 1 heteroatoms. The molecule has 0 saturated carbocycles. The molecule has 16 heavy (non-hydrogen) atoms. The first-order valence-electron chi connectivity index (χ1n) is 5.65. The lowest BCUT2D eigenvalue weighted by atomic mass is 9.94. The smallest absolute Gasteiger partial charge is 0.130 e. The molecular weight excluding hydrogens is 196 g/mol. The molecule has 0 heterocycles. The Balaban J connectivity index is 2.35. The van der Waals surface area contributed by atoms with Crippen LogP contribution in [0.15, 0.2) is 42.5 Å². The Kier molecular flexibility index (Phi) is 3.04. The van der Waals surface area contributed by atoms with Crippen molar-refractivity contribution in [3.05, 3.63) is 48.0 Å². The molecule has 0 radical (unpaired) electrons. The maximum atomic E-state index is 11.1. The SMILES string of the molecule is CC(=O)C[C@H](C)c1ccc2ccccc2c1. The Morgan fingerprint density at radius 1 is 1.12 bits per heavy atom. The van der Waals surface area contributed by atoms with Gasteiger partial charge in [-0.3, -0.25) is 0 Å². The number of Topliss-reactive ketones (excluding diaryl/α,β-unsaturated/α-hetero) is 1. The fourth-order valence-electron chi connectivity index (χ4n) is 2.06. The van der Waals surface area contributed by atoms with Crippen LogP contribution < -0.4 is 0 Å². The third-order valence-electron chi connectivity index (χ3n) is 2.94. The molecule has 0 unspecified atom stereocenters. The second-order valence-electron chi connectivity index (χ2n) is 4.41. The van der Waals surface area contributed by atoms with Crippen LogP contribution in [0.2, 0.25) is 0 Å². The Bertz CT molecular complexity index is 514. The molecule has 0 fully saturated rings. The summed E-state index contributed by atoms with van der Waals surface area (Å²) in [4.78, 5) is 11.1. The normalized spacial score (nSPS) is 12.6. The zero-order valence-corrected chi connectivity index (χ0v) is 9.73. The van der Waals surface area contributed by atoms with E-state index in [1.54, 1.807) is 6.92 Å². The van der Waals surface area contributed by atoms with Gasteiger partial charge in [-0.15, -0.1) is 0 Å². The number of hydrogen-bond acceptors (Lipinski definition) is 1. The molecule has 0 N–H and O–H groups in total. The van der Waals surface area contributed by atoms with Crippen molar-refractivity contribution in [1.82, 2.24) is 0 Å². The maximum Gasteiger partial charge on any atom is 0.130 e. The number of ketones is 1. The highest BCUT2D eigenvalue weighted by atomic mass is 16.1. The predicted molar refractivity (Wildman–Crippen MR) is 67.7 cm³/mol. The lowest BCUT2D eigenvalue weighted by Crippen LogP contribution is -2.00. The zero-order chi connectivity index (χ0) is 11.5. The van der Waals surface area contributed by atoms with E-state index in [9.17, 15) is 4.79 Å². The molecule has 0 amide bonds. The molecule has 2 aromatic carbocycles. The van der Waals surface area contributed by atoms with Crippen LogP contribution in [-0.2, 0) is 4.79 Å². The largest absolute Gasteiger partial charge is 0.300 e. The topological polar surface area (TPSA) is 17.1 Å². The first kappa shape index (κ1) is 10.9. The lowest BCUT2D eigenvalue weighted by Gasteiger charge is -2.10. The van der Waals surface area contributed by atoms with Gasteiger partial charge in [-0.2, -0.15) is 0 Å². The van der Waals surface area contributed by atoms with Gasteiger partial charge in [0.2, 0.25) is 0 Å². The summed E-state index contributed by atoms with van der Waals surface area (Å²) < 4.78 is 0. The Hall–Kier alpha value is -1.63. The highest BCUT2D eigenvalue weighted by Gasteiger charge is 2.08. The minimum atomic E-state index is 0.251. The Labute approximate surface area is 96.1 Å². The second kappa shape index (κ2) is 4.48. The number of carbonyl (C=O) groups is 1. The fourth-order valence-corrected chi connectivity index (χ4v) is 2.06. The fraction of sp³-hybridized carbons (Fsp3) is 0.267. The Morgan fingerprint density at radius 3 is 2.50 bits per heavy atom. The minimum Gasteiger partial charge on any atom is -0.300 e. The summed E-state index contributed by atoms with van der Waals surface area (Å²) in [7, 11) is 0. The quantitative estimate of drug-likeness (QED) is 0.753. The van der Waals surface area contributed by atoms with Crippen molar-refractivity contribution >= 4 is 16.6 Å². The molecule has 0 bridgehead atoms. The number of fused-ring (bicyclic) bond motifs is 1. The van der Waals surface area contributed by atoms with E-state index in [0.717, 1.165) is 0 Å². The standard InChI is InChI=1S/C15H16O/c1-11(9-12(2)16)14-8-7-13-5-3-4-6-15(13)10-14/h3-8,10-11H,9H2,1-2H3/t11-/m0/s1. The first-order chi connectivity index (χ1) is 7.66. The minimum absolute atomic E-state index is 0.251. The van der Waals surface area contributed by atoms with Gasteiger partial charge in [0.25, 0.3) is 0 Å². The Morgan fingerprint density at radius 2 is 1.81 bits per heavy atom. The number of hydrogen-bond donors (Lipinski definition) is 0. The summed E-state index contributed by atoms with van der Waals surface area (Å²) in [5.41, 5.74) is 1.24. The molecular formula is C15H16O. The van der Waals surface area contributed by atoms with Crippen LogP contribution in [0.25, 0.3) is 10.8 Å². The summed E-state index contributed by atoms with van der Waals surface area (Å²) in [5, 5.41) is 2.50. The molecule has 0 saturated heterocycles. The van der Waals surface area contributed by atoms with E-state index in [-0.39, 0.29) is 5.78 Å². The van der Waals surface area contributed by atoms with E-state index in [1.807, 2.05) is 12.1 Å². The van der Waals surface area contributed by atoms with Gasteiger partial charge in [0.15, 0.2) is 0 Å². The summed E-state index contributed by atoms with van der Waals surface area (Å²) in [6.07, 6.45) is 0.623. The molecule has 0 aromatic heterocycles. The van der Waals surface area contributed by atoms with Gasteiger partial charge < -0.3 is 4.79 Å². The lowest BCUT2D eigenvalue weighted by molar-refractivity contribution is -0.117. The van der Waals surface area contributed by atoms with Crippen molar-refractivity contribution in [3.63, 3.8) is 0 Å². The van der Waals surface area contributed by atoms with Gasteiger partial charge in [-0.25, -0.2) is 0 Å². The van der Waals surface area contributed by atoms with E-state index in [0.29, 0.717) is 12.3 Å². The van der Waals surface area contributed by atoms with Gasteiger partial charge in [-0.05, 0) is 29.2 Å². The molecule has 1 atom stereocenters. The van der Waals surface area contributed by atoms with E-state index >= 15 is 0 Å². The summed E-state index contributed by atoms with van der Waals surface area (Å²) in [6, 6.07) is 14.7. The van der Waals surface area contributed by atoms with Gasteiger partial charge in [0, 0.05) is 6.42 Å². The molecule has 2 rings (SSSR count). The van der Waals surface area contributed by atoms with Crippen LogP contribution in [0.4, 0.5) is 0 Å². The average molecular weight is 212 g/mol. The predicted octanol–water partition coefficient (Wildman–Crippen LogP) is 3.92. The highest BCUT2D eigenvalue weighted by molar-refractivity contribution is 5.83. The van der Waals surface area contributed by atoms with E-state index < -0.39 is 0 Å². The molecule has 2 aromatic rings. The maximum absolute atomic E-state index is 11.1. The summed E-state index contributed by atoms with van der Waals surface area (Å²) >= 11 is 0. The van der Waals surface area contributed by atoms with Gasteiger partial charge in [0.05, 0.1) is 0 Å². The monoisotopic (exact) mass is 212 g/mol. The molecule has 0 spiro atoms. The van der Waals surface area contributed by atoms with E-state index in [2.05, 4.69) is 37.3 Å². The molecule has 82 valence electrons. The van der Waals surface area contributed by atoms with Crippen LogP contribution in [-0.4, -0.2) is 5.78 Å². The van der Waals surface area contributed by atoms with Crippen molar-refractivity contribution in [1.29, 1.82) is 0 Å². The average Bonchev–Trinajstić information content (AvgIpc) is 2.27. The van der Waals surface area contributed by atoms with Crippen LogP contribution in [0.3, 0.4) is 0 Å². The summed E-state index contributed by atoms with van der Waals surface area (Å²) in [5.74, 6) is 0.558. The number of carbonyl (C=O) groups excluding carboxylic acids is 1. The van der Waals surface area contributed by atoms with Gasteiger partial charge in [-0.1, -0.05) is 49.4 Å². The van der Waals surface area contributed by atoms with Crippen molar-refractivity contribution in [2.24, 2.45) is 0 Å². The van der Waals surface area contributed by atoms with Crippen molar-refractivity contribution < 1.29 is 4.79 Å². The van der Waals surface area contributed by atoms with Crippen LogP contribution in [0.1, 0.15) is 31.7 Å². The molecule has 0 aliphatic heterocycles. The van der Waals surface area contributed by atoms with Gasteiger partial charge >= 0.3 is 0 Å². The molecule has 0 aliphatic carbocycles. The van der Waals surface area contributed by atoms with Crippen LogP contribution >= 0.6 is 0 Å². The summed E-state index contributed by atoms with van der Waals surface area (Å²) in [6.45, 7) is 3.75. The third kappa shape index (κ3) is 2.30. The van der Waals surface area contributed by atoms with Crippen LogP contribution in [0, 0.1) is 0 Å². The zero-order valence-electron chi connectivity index (χ0n) is 9.73. The van der Waals surface area contributed by atoms with Gasteiger partial charge in [0.1, 0.15) is 5.78 Å². The third-order valence-corrected chi connectivity index (χ3v) is 2.94. The van der Waals surface area contributed by atoms with Crippen LogP contribution in [0.5, 0.6) is 0 Å². The number of rotatable bonds is 3.